The fourth-order valence-corrected chi connectivity index (χ4v) is 2.07. The van der Waals surface area contributed by atoms with Gasteiger partial charge in [0.25, 0.3) is 0 Å². The van der Waals surface area contributed by atoms with Crippen molar-refractivity contribution in [3.05, 3.63) is 0 Å². The predicted octanol–water partition coefficient (Wildman–Crippen LogP) is 3.20. The van der Waals surface area contributed by atoms with Gasteiger partial charge in [-0.05, 0) is 31.6 Å². The molecule has 1 fully saturated rings. The maximum Gasteiger partial charge on any atom is 0.00899 e. The van der Waals surface area contributed by atoms with Crippen LogP contribution in [0.3, 0.4) is 0 Å². The third kappa shape index (κ3) is 4.12. The summed E-state index contributed by atoms with van der Waals surface area (Å²) in [6, 6.07) is 1.44. The van der Waals surface area contributed by atoms with E-state index in [2.05, 4.69) is 33.0 Å². The molecule has 13 heavy (non-hydrogen) atoms. The lowest BCUT2D eigenvalue weighted by Crippen LogP contribution is -2.39. The second kappa shape index (κ2) is 4.99. The second-order valence-corrected chi connectivity index (χ2v) is 5.01. The van der Waals surface area contributed by atoms with Gasteiger partial charge in [0.05, 0.1) is 0 Å². The van der Waals surface area contributed by atoms with Crippen molar-refractivity contribution in [2.45, 2.75) is 65.5 Å². The van der Waals surface area contributed by atoms with E-state index in [1.165, 1.54) is 25.7 Å². The first-order valence-corrected chi connectivity index (χ1v) is 5.89. The van der Waals surface area contributed by atoms with Crippen LogP contribution in [0.2, 0.25) is 0 Å². The summed E-state index contributed by atoms with van der Waals surface area (Å²) < 4.78 is 0. The zero-order chi connectivity index (χ0) is 9.84. The Morgan fingerprint density at radius 3 is 2.23 bits per heavy atom. The minimum atomic E-state index is 0.716. The van der Waals surface area contributed by atoms with Crippen LogP contribution in [0.4, 0.5) is 0 Å². The molecule has 0 heterocycles. The number of hydrogen-bond acceptors (Lipinski definition) is 1. The summed E-state index contributed by atoms with van der Waals surface area (Å²) in [7, 11) is 0. The molecule has 0 bridgehead atoms. The zero-order valence-electron chi connectivity index (χ0n) is 9.64. The van der Waals surface area contributed by atoms with E-state index in [-0.39, 0.29) is 0 Å². The molecule has 0 saturated heterocycles. The molecule has 1 N–H and O–H groups in total. The van der Waals surface area contributed by atoms with Crippen molar-refractivity contribution in [1.29, 1.82) is 0 Å². The van der Waals surface area contributed by atoms with Crippen molar-refractivity contribution >= 4 is 0 Å². The lowest BCUT2D eigenvalue weighted by Gasteiger charge is -2.25. The standard InChI is InChI=1S/C12H25N/c1-5-12(9(2)3)13-10(4)8-11-6-7-11/h9-13H,5-8H2,1-4H3. The SMILES string of the molecule is CCC(NC(C)CC1CC1)C(C)C. The van der Waals surface area contributed by atoms with E-state index in [1.54, 1.807) is 0 Å². The van der Waals surface area contributed by atoms with Crippen LogP contribution in [-0.2, 0) is 0 Å². The fraction of sp³-hybridized carbons (Fsp3) is 1.00. The van der Waals surface area contributed by atoms with Crippen molar-refractivity contribution in [3.8, 4) is 0 Å². The Balaban J connectivity index is 2.18. The highest BCUT2D eigenvalue weighted by Gasteiger charge is 2.24. The molecule has 0 amide bonds. The summed E-state index contributed by atoms with van der Waals surface area (Å²) in [4.78, 5) is 0. The van der Waals surface area contributed by atoms with E-state index in [9.17, 15) is 0 Å². The van der Waals surface area contributed by atoms with E-state index in [1.807, 2.05) is 0 Å². The first-order valence-electron chi connectivity index (χ1n) is 5.89. The van der Waals surface area contributed by atoms with Gasteiger partial charge >= 0.3 is 0 Å². The Kier molecular flexibility index (Phi) is 4.24. The Morgan fingerprint density at radius 1 is 1.23 bits per heavy atom. The first-order chi connectivity index (χ1) is 6.13. The molecule has 1 aliphatic carbocycles. The van der Waals surface area contributed by atoms with Gasteiger partial charge in [0.1, 0.15) is 0 Å². The molecular formula is C12H25N. The largest absolute Gasteiger partial charge is 0.311 e. The molecule has 1 rings (SSSR count). The van der Waals surface area contributed by atoms with Gasteiger partial charge < -0.3 is 5.32 Å². The summed E-state index contributed by atoms with van der Waals surface area (Å²) in [6.45, 7) is 9.24. The Bertz CT molecular complexity index is 138. The van der Waals surface area contributed by atoms with Gasteiger partial charge in [-0.3, -0.25) is 0 Å². The van der Waals surface area contributed by atoms with Crippen molar-refractivity contribution in [2.24, 2.45) is 11.8 Å². The van der Waals surface area contributed by atoms with Gasteiger partial charge in [0, 0.05) is 12.1 Å². The van der Waals surface area contributed by atoms with Crippen molar-refractivity contribution in [2.75, 3.05) is 0 Å². The van der Waals surface area contributed by atoms with Gasteiger partial charge in [0.15, 0.2) is 0 Å². The molecule has 78 valence electrons. The third-order valence-electron chi connectivity index (χ3n) is 3.13. The van der Waals surface area contributed by atoms with Crippen LogP contribution in [0, 0.1) is 11.8 Å². The second-order valence-electron chi connectivity index (χ2n) is 5.01. The van der Waals surface area contributed by atoms with E-state index < -0.39 is 0 Å². The molecule has 1 saturated carbocycles. The summed E-state index contributed by atoms with van der Waals surface area (Å²) in [5.74, 6) is 1.82. The van der Waals surface area contributed by atoms with E-state index in [0.29, 0.717) is 6.04 Å². The van der Waals surface area contributed by atoms with Crippen LogP contribution in [0.15, 0.2) is 0 Å². The van der Waals surface area contributed by atoms with E-state index >= 15 is 0 Å². The minimum Gasteiger partial charge on any atom is -0.311 e. The number of rotatable bonds is 6. The van der Waals surface area contributed by atoms with Crippen LogP contribution in [0.25, 0.3) is 0 Å². The van der Waals surface area contributed by atoms with Crippen molar-refractivity contribution in [3.63, 3.8) is 0 Å². The minimum absolute atomic E-state index is 0.716. The first kappa shape index (κ1) is 11.0. The van der Waals surface area contributed by atoms with Gasteiger partial charge in [-0.2, -0.15) is 0 Å². The van der Waals surface area contributed by atoms with Crippen LogP contribution < -0.4 is 5.32 Å². The average Bonchev–Trinajstić information content (AvgIpc) is 2.83. The van der Waals surface area contributed by atoms with E-state index in [4.69, 9.17) is 0 Å². The molecule has 0 aliphatic heterocycles. The predicted molar refractivity (Wildman–Crippen MR) is 58.9 cm³/mol. The average molecular weight is 183 g/mol. The highest BCUT2D eigenvalue weighted by molar-refractivity contribution is 4.80. The summed E-state index contributed by atoms with van der Waals surface area (Å²) in [5.41, 5.74) is 0. The van der Waals surface area contributed by atoms with Gasteiger partial charge in [-0.15, -0.1) is 0 Å². The van der Waals surface area contributed by atoms with Gasteiger partial charge in [0.2, 0.25) is 0 Å². The normalized spacial score (nSPS) is 21.9. The van der Waals surface area contributed by atoms with E-state index in [0.717, 1.165) is 17.9 Å². The smallest absolute Gasteiger partial charge is 0.00899 e. The molecule has 0 aromatic rings. The quantitative estimate of drug-likeness (QED) is 0.667. The molecule has 2 atom stereocenters. The van der Waals surface area contributed by atoms with Crippen molar-refractivity contribution in [1.82, 2.24) is 5.32 Å². The monoisotopic (exact) mass is 183 g/mol. The zero-order valence-corrected chi connectivity index (χ0v) is 9.64. The maximum absolute atomic E-state index is 3.74. The fourth-order valence-electron chi connectivity index (χ4n) is 2.07. The molecule has 0 radical (unpaired) electrons. The van der Waals surface area contributed by atoms with Crippen molar-refractivity contribution < 1.29 is 0 Å². The summed E-state index contributed by atoms with van der Waals surface area (Å²) in [6.07, 6.45) is 5.60. The summed E-state index contributed by atoms with van der Waals surface area (Å²) >= 11 is 0. The van der Waals surface area contributed by atoms with Crippen LogP contribution in [-0.4, -0.2) is 12.1 Å². The number of hydrogen-bond donors (Lipinski definition) is 1. The lowest BCUT2D eigenvalue weighted by molar-refractivity contribution is 0.337. The molecule has 1 nitrogen and oxygen atoms in total. The highest BCUT2D eigenvalue weighted by atomic mass is 14.9. The Hall–Kier alpha value is -0.0400. The molecule has 1 heteroatoms. The van der Waals surface area contributed by atoms with Crippen LogP contribution in [0.5, 0.6) is 0 Å². The third-order valence-corrected chi connectivity index (χ3v) is 3.13. The topological polar surface area (TPSA) is 12.0 Å². The number of nitrogens with one attached hydrogen (secondary N) is 1. The lowest BCUT2D eigenvalue weighted by atomic mass is 10.00. The van der Waals surface area contributed by atoms with Crippen LogP contribution >= 0.6 is 0 Å². The molecule has 0 aromatic heterocycles. The maximum atomic E-state index is 3.74. The highest BCUT2D eigenvalue weighted by Crippen LogP contribution is 2.33. The molecule has 0 spiro atoms. The Labute approximate surface area is 83.3 Å². The molecule has 1 aliphatic rings. The summed E-state index contributed by atoms with van der Waals surface area (Å²) in [5, 5.41) is 3.74. The Morgan fingerprint density at radius 2 is 1.85 bits per heavy atom. The van der Waals surface area contributed by atoms with Gasteiger partial charge in [-0.25, -0.2) is 0 Å². The van der Waals surface area contributed by atoms with Crippen LogP contribution in [0.1, 0.15) is 53.4 Å². The molecule has 0 aromatic carbocycles. The van der Waals surface area contributed by atoms with Gasteiger partial charge in [-0.1, -0.05) is 33.6 Å². The molecular weight excluding hydrogens is 158 g/mol. The molecule has 2 unspecified atom stereocenters.